The molecule has 0 fully saturated rings. The molecule has 0 saturated heterocycles. The molecule has 0 aromatic carbocycles. The van der Waals surface area contributed by atoms with E-state index < -0.39 is 0 Å². The van der Waals surface area contributed by atoms with Gasteiger partial charge in [-0.05, 0) is 5.92 Å². The Labute approximate surface area is 71.2 Å². The molecule has 0 unspecified atom stereocenters. The second kappa shape index (κ2) is 9.67. The van der Waals surface area contributed by atoms with Crippen LogP contribution in [-0.4, -0.2) is 5.78 Å². The highest BCUT2D eigenvalue weighted by Crippen LogP contribution is 2.07. The zero-order valence-electron chi connectivity index (χ0n) is 8.61. The Balaban J connectivity index is 0. The lowest BCUT2D eigenvalue weighted by atomic mass is 10.0. The van der Waals surface area contributed by atoms with Crippen molar-refractivity contribution < 1.29 is 4.79 Å². The first kappa shape index (κ1) is 13.3. The Bertz CT molecular complexity index is 86.9. The van der Waals surface area contributed by atoms with Crippen molar-refractivity contribution in [2.75, 3.05) is 0 Å². The van der Waals surface area contributed by atoms with Crippen LogP contribution in [0.4, 0.5) is 0 Å². The number of Topliss-reactive ketones (excluding diaryl/α,β-unsaturated/α-hetero) is 1. The maximum atomic E-state index is 10.8. The second-order valence-electron chi connectivity index (χ2n) is 2.61. The van der Waals surface area contributed by atoms with E-state index in [1.54, 1.807) is 0 Å². The Hall–Kier alpha value is -0.330. The van der Waals surface area contributed by atoms with Crippen LogP contribution in [0, 0.1) is 5.92 Å². The maximum Gasteiger partial charge on any atom is 0.132 e. The monoisotopic (exact) mass is 158 g/mol. The SMILES string of the molecule is CC.CCC(=O)C[C@@H](C)CC. The van der Waals surface area contributed by atoms with Crippen molar-refractivity contribution in [1.82, 2.24) is 0 Å². The molecule has 0 aromatic rings. The smallest absolute Gasteiger partial charge is 0.132 e. The number of hydrogen-bond donors (Lipinski definition) is 0. The molecule has 1 heteroatoms. The summed E-state index contributed by atoms with van der Waals surface area (Å²) in [6, 6.07) is 0. The van der Waals surface area contributed by atoms with Crippen LogP contribution in [0.2, 0.25) is 0 Å². The first-order valence-corrected chi connectivity index (χ1v) is 4.72. The van der Waals surface area contributed by atoms with Crippen LogP contribution in [0.3, 0.4) is 0 Å². The van der Waals surface area contributed by atoms with Crippen LogP contribution < -0.4 is 0 Å². The highest BCUT2D eigenvalue weighted by atomic mass is 16.1. The van der Waals surface area contributed by atoms with Gasteiger partial charge in [0, 0.05) is 12.8 Å². The quantitative estimate of drug-likeness (QED) is 0.612. The standard InChI is InChI=1S/C8H16O.C2H6/c1-4-7(3)6-8(9)5-2;1-2/h7H,4-6H2,1-3H3;1-2H3/t7-;/m0./s1. The number of carbonyl (C=O) groups is 1. The minimum absolute atomic E-state index is 0.393. The fraction of sp³-hybridized carbons (Fsp3) is 0.900. The lowest BCUT2D eigenvalue weighted by Gasteiger charge is -2.03. The molecular weight excluding hydrogens is 136 g/mol. The fourth-order valence-corrected chi connectivity index (χ4v) is 0.677. The van der Waals surface area contributed by atoms with E-state index >= 15 is 0 Å². The number of ketones is 1. The second-order valence-corrected chi connectivity index (χ2v) is 2.61. The first-order chi connectivity index (χ1) is 5.20. The molecule has 11 heavy (non-hydrogen) atoms. The van der Waals surface area contributed by atoms with Gasteiger partial charge in [0.25, 0.3) is 0 Å². The third-order valence-corrected chi connectivity index (χ3v) is 1.67. The van der Waals surface area contributed by atoms with Gasteiger partial charge < -0.3 is 0 Å². The summed E-state index contributed by atoms with van der Waals surface area (Å²) in [6.07, 6.45) is 2.59. The lowest BCUT2D eigenvalue weighted by Crippen LogP contribution is -2.02. The van der Waals surface area contributed by atoms with Gasteiger partial charge >= 0.3 is 0 Å². The molecule has 0 aliphatic carbocycles. The van der Waals surface area contributed by atoms with Crippen LogP contribution in [0.25, 0.3) is 0 Å². The average Bonchev–Trinajstić information content (AvgIpc) is 2.07. The zero-order chi connectivity index (χ0) is 9.28. The van der Waals surface area contributed by atoms with E-state index in [0.717, 1.165) is 12.8 Å². The van der Waals surface area contributed by atoms with E-state index in [1.807, 2.05) is 20.8 Å². The summed E-state index contributed by atoms with van der Waals surface area (Å²) in [5.74, 6) is 0.974. The molecule has 0 aromatic heterocycles. The normalized spacial score (nSPS) is 11.4. The number of carbonyl (C=O) groups excluding carboxylic acids is 1. The summed E-state index contributed by atoms with van der Waals surface area (Å²) in [7, 11) is 0. The van der Waals surface area contributed by atoms with E-state index in [0.29, 0.717) is 18.1 Å². The van der Waals surface area contributed by atoms with Crippen molar-refractivity contribution in [2.24, 2.45) is 5.92 Å². The Morgan fingerprint density at radius 1 is 1.27 bits per heavy atom. The summed E-state index contributed by atoms with van der Waals surface area (Å²) < 4.78 is 0. The van der Waals surface area contributed by atoms with Gasteiger partial charge in [-0.3, -0.25) is 4.79 Å². The van der Waals surface area contributed by atoms with Crippen LogP contribution in [0.15, 0.2) is 0 Å². The van der Waals surface area contributed by atoms with Crippen molar-refractivity contribution in [3.63, 3.8) is 0 Å². The first-order valence-electron chi connectivity index (χ1n) is 4.72. The average molecular weight is 158 g/mol. The molecule has 0 spiro atoms. The van der Waals surface area contributed by atoms with Gasteiger partial charge in [0.1, 0.15) is 5.78 Å². The van der Waals surface area contributed by atoms with Crippen LogP contribution in [0.5, 0.6) is 0 Å². The molecule has 0 N–H and O–H groups in total. The molecule has 0 bridgehead atoms. The zero-order valence-corrected chi connectivity index (χ0v) is 8.61. The summed E-state index contributed by atoms with van der Waals surface area (Å²) in [5, 5.41) is 0. The van der Waals surface area contributed by atoms with Crippen molar-refractivity contribution in [3.05, 3.63) is 0 Å². The van der Waals surface area contributed by atoms with Crippen molar-refractivity contribution >= 4 is 5.78 Å². The summed E-state index contributed by atoms with van der Waals surface area (Å²) >= 11 is 0. The summed E-state index contributed by atoms with van der Waals surface area (Å²) in [6.45, 7) is 10.2. The van der Waals surface area contributed by atoms with Gasteiger partial charge in [-0.2, -0.15) is 0 Å². The van der Waals surface area contributed by atoms with E-state index in [9.17, 15) is 4.79 Å². The third-order valence-electron chi connectivity index (χ3n) is 1.67. The topological polar surface area (TPSA) is 17.1 Å². The largest absolute Gasteiger partial charge is 0.300 e. The van der Waals surface area contributed by atoms with Gasteiger partial charge in [-0.25, -0.2) is 0 Å². The van der Waals surface area contributed by atoms with Gasteiger partial charge in [-0.15, -0.1) is 0 Å². The molecule has 0 amide bonds. The Morgan fingerprint density at radius 3 is 2.00 bits per heavy atom. The predicted molar refractivity (Wildman–Crippen MR) is 50.7 cm³/mol. The minimum atomic E-state index is 0.393. The molecule has 0 heterocycles. The molecule has 1 nitrogen and oxygen atoms in total. The van der Waals surface area contributed by atoms with E-state index in [2.05, 4.69) is 13.8 Å². The molecular formula is C10H22O. The van der Waals surface area contributed by atoms with Crippen molar-refractivity contribution in [3.8, 4) is 0 Å². The van der Waals surface area contributed by atoms with Gasteiger partial charge in [-0.1, -0.05) is 41.0 Å². The van der Waals surface area contributed by atoms with E-state index in [4.69, 9.17) is 0 Å². The Kier molecular flexibility index (Phi) is 11.7. The molecule has 0 rings (SSSR count). The summed E-state index contributed by atoms with van der Waals surface area (Å²) in [4.78, 5) is 10.8. The fourth-order valence-electron chi connectivity index (χ4n) is 0.677. The summed E-state index contributed by atoms with van der Waals surface area (Å²) in [5.41, 5.74) is 0. The van der Waals surface area contributed by atoms with Crippen LogP contribution in [0.1, 0.15) is 53.9 Å². The Morgan fingerprint density at radius 2 is 1.73 bits per heavy atom. The minimum Gasteiger partial charge on any atom is -0.300 e. The van der Waals surface area contributed by atoms with Crippen LogP contribution >= 0.6 is 0 Å². The lowest BCUT2D eigenvalue weighted by molar-refractivity contribution is -0.119. The number of rotatable bonds is 4. The molecule has 0 aliphatic rings. The van der Waals surface area contributed by atoms with E-state index in [1.165, 1.54) is 0 Å². The third kappa shape index (κ3) is 9.67. The predicted octanol–water partition coefficient (Wildman–Crippen LogP) is 3.43. The van der Waals surface area contributed by atoms with E-state index in [-0.39, 0.29) is 0 Å². The van der Waals surface area contributed by atoms with Gasteiger partial charge in [0.05, 0.1) is 0 Å². The molecule has 0 radical (unpaired) electrons. The molecule has 0 saturated carbocycles. The van der Waals surface area contributed by atoms with Gasteiger partial charge in [0.15, 0.2) is 0 Å². The number of hydrogen-bond acceptors (Lipinski definition) is 1. The van der Waals surface area contributed by atoms with Crippen molar-refractivity contribution in [1.29, 1.82) is 0 Å². The maximum absolute atomic E-state index is 10.8. The molecule has 0 aliphatic heterocycles. The highest BCUT2D eigenvalue weighted by molar-refractivity contribution is 5.78. The highest BCUT2D eigenvalue weighted by Gasteiger charge is 2.03. The molecule has 1 atom stereocenters. The van der Waals surface area contributed by atoms with Crippen LogP contribution in [-0.2, 0) is 4.79 Å². The van der Waals surface area contributed by atoms with Crippen molar-refractivity contribution in [2.45, 2.75) is 53.9 Å². The molecule has 68 valence electrons. The van der Waals surface area contributed by atoms with Gasteiger partial charge in [0.2, 0.25) is 0 Å².